The van der Waals surface area contributed by atoms with Gasteiger partial charge in [0.1, 0.15) is 0 Å². The zero-order valence-corrected chi connectivity index (χ0v) is 14.4. The summed E-state index contributed by atoms with van der Waals surface area (Å²) in [5.41, 5.74) is -0.542. The maximum Gasteiger partial charge on any atom is 0.445 e. The molecular weight excluding hydrogens is 345 g/mol. The molecule has 10 heteroatoms. The van der Waals surface area contributed by atoms with Crippen LogP contribution in [0, 0.1) is 11.3 Å². The summed E-state index contributed by atoms with van der Waals surface area (Å²) in [4.78, 5) is 26.2. The highest BCUT2D eigenvalue weighted by molar-refractivity contribution is 7.15. The molecule has 1 saturated heterocycles. The van der Waals surface area contributed by atoms with Crippen molar-refractivity contribution in [3.8, 4) is 0 Å². The van der Waals surface area contributed by atoms with Crippen LogP contribution in [0.5, 0.6) is 0 Å². The second kappa shape index (κ2) is 6.66. The van der Waals surface area contributed by atoms with Crippen LogP contribution >= 0.6 is 11.3 Å². The number of piperidine rings is 1. The van der Waals surface area contributed by atoms with Crippen LogP contribution in [0.15, 0.2) is 0 Å². The molecule has 1 atom stereocenters. The van der Waals surface area contributed by atoms with Crippen molar-refractivity contribution in [2.45, 2.75) is 39.8 Å². The van der Waals surface area contributed by atoms with Gasteiger partial charge in [0.25, 0.3) is 0 Å². The van der Waals surface area contributed by atoms with Gasteiger partial charge in [-0.05, 0) is 12.8 Å². The van der Waals surface area contributed by atoms with Crippen molar-refractivity contribution < 1.29 is 22.8 Å². The Bertz CT molecular complexity index is 624. The van der Waals surface area contributed by atoms with Crippen molar-refractivity contribution in [1.29, 1.82) is 0 Å². The van der Waals surface area contributed by atoms with Crippen molar-refractivity contribution in [3.63, 3.8) is 0 Å². The minimum atomic E-state index is -4.58. The van der Waals surface area contributed by atoms with Gasteiger partial charge in [-0.1, -0.05) is 32.1 Å². The van der Waals surface area contributed by atoms with Gasteiger partial charge in [-0.3, -0.25) is 9.59 Å². The van der Waals surface area contributed by atoms with Gasteiger partial charge >= 0.3 is 6.18 Å². The van der Waals surface area contributed by atoms with E-state index in [9.17, 15) is 22.8 Å². The van der Waals surface area contributed by atoms with E-state index in [0.717, 1.165) is 0 Å². The second-order valence-electron chi connectivity index (χ2n) is 6.74. The highest BCUT2D eigenvalue weighted by Gasteiger charge is 2.37. The van der Waals surface area contributed by atoms with E-state index in [4.69, 9.17) is 0 Å². The maximum absolute atomic E-state index is 12.5. The van der Waals surface area contributed by atoms with Crippen LogP contribution in [0.4, 0.5) is 18.3 Å². The predicted molar refractivity (Wildman–Crippen MR) is 82.3 cm³/mol. The molecule has 2 amide bonds. The van der Waals surface area contributed by atoms with Crippen LogP contribution in [-0.4, -0.2) is 40.0 Å². The van der Waals surface area contributed by atoms with Crippen LogP contribution in [-0.2, 0) is 15.8 Å². The Kier molecular flexibility index (Phi) is 5.17. The van der Waals surface area contributed by atoms with E-state index >= 15 is 0 Å². The fourth-order valence-corrected chi connectivity index (χ4v) is 3.06. The van der Waals surface area contributed by atoms with E-state index in [0.29, 0.717) is 19.4 Å². The average molecular weight is 364 g/mol. The summed E-state index contributed by atoms with van der Waals surface area (Å²) in [7, 11) is 0. The molecule has 1 aromatic heterocycles. The number of hydrogen-bond donors (Lipinski definition) is 1. The highest BCUT2D eigenvalue weighted by Crippen LogP contribution is 2.33. The molecule has 1 aliphatic rings. The third kappa shape index (κ3) is 4.43. The van der Waals surface area contributed by atoms with Crippen LogP contribution in [0.1, 0.15) is 38.6 Å². The molecule has 1 aromatic rings. The normalized spacial score (nSPS) is 19.2. The largest absolute Gasteiger partial charge is 0.445 e. The molecule has 1 unspecified atom stereocenters. The average Bonchev–Trinajstić information content (AvgIpc) is 2.94. The number of amides is 2. The molecule has 1 aliphatic heterocycles. The number of nitrogens with one attached hydrogen (secondary N) is 1. The van der Waals surface area contributed by atoms with Gasteiger partial charge in [0.05, 0.1) is 5.92 Å². The van der Waals surface area contributed by atoms with Crippen molar-refractivity contribution in [3.05, 3.63) is 5.01 Å². The first-order valence-corrected chi connectivity index (χ1v) is 8.31. The van der Waals surface area contributed by atoms with E-state index in [1.807, 2.05) is 0 Å². The Balaban J connectivity index is 1.99. The Morgan fingerprint density at radius 2 is 1.92 bits per heavy atom. The predicted octanol–water partition coefficient (Wildman–Crippen LogP) is 2.78. The summed E-state index contributed by atoms with van der Waals surface area (Å²) in [5, 5.41) is 7.45. The number of anilines is 1. The number of carbonyl (C=O) groups is 2. The van der Waals surface area contributed by atoms with Gasteiger partial charge in [-0.2, -0.15) is 13.2 Å². The van der Waals surface area contributed by atoms with E-state index in [1.165, 1.54) is 0 Å². The Labute approximate surface area is 141 Å². The summed E-state index contributed by atoms with van der Waals surface area (Å²) < 4.78 is 37.5. The topological polar surface area (TPSA) is 75.2 Å². The lowest BCUT2D eigenvalue weighted by molar-refractivity contribution is -0.142. The molecule has 0 spiro atoms. The minimum absolute atomic E-state index is 0.0460. The van der Waals surface area contributed by atoms with Crippen molar-refractivity contribution in [2.24, 2.45) is 11.3 Å². The summed E-state index contributed by atoms with van der Waals surface area (Å²) in [6, 6.07) is 0. The number of rotatable bonds is 2. The summed E-state index contributed by atoms with van der Waals surface area (Å²) >= 11 is 0.284. The number of carbonyl (C=O) groups excluding carboxylic acids is 2. The van der Waals surface area contributed by atoms with Gasteiger partial charge in [-0.15, -0.1) is 10.2 Å². The molecule has 2 rings (SSSR count). The molecular formula is C14H19F3N4O2S. The van der Waals surface area contributed by atoms with Crippen molar-refractivity contribution in [1.82, 2.24) is 15.1 Å². The summed E-state index contributed by atoms with van der Waals surface area (Å²) in [6.45, 7) is 6.25. The van der Waals surface area contributed by atoms with E-state index in [1.54, 1.807) is 25.7 Å². The van der Waals surface area contributed by atoms with E-state index in [-0.39, 0.29) is 28.9 Å². The minimum Gasteiger partial charge on any atom is -0.341 e. The highest BCUT2D eigenvalue weighted by atomic mass is 32.1. The molecule has 0 radical (unpaired) electrons. The van der Waals surface area contributed by atoms with Crippen LogP contribution < -0.4 is 5.32 Å². The number of aromatic nitrogens is 2. The van der Waals surface area contributed by atoms with Gasteiger partial charge < -0.3 is 10.2 Å². The van der Waals surface area contributed by atoms with Crippen molar-refractivity contribution in [2.75, 3.05) is 18.4 Å². The molecule has 134 valence electrons. The number of likely N-dealkylation sites (tertiary alicyclic amines) is 1. The van der Waals surface area contributed by atoms with E-state index < -0.39 is 28.4 Å². The van der Waals surface area contributed by atoms with Crippen LogP contribution in [0.3, 0.4) is 0 Å². The molecule has 6 nitrogen and oxygen atoms in total. The standard InChI is InChI=1S/C14H19F3N4O2S/c1-13(2,3)11(23)21-6-4-5-8(7-21)9(22)18-12-20-19-10(24-12)14(15,16)17/h8H,4-7H2,1-3H3,(H,18,20,22). The fraction of sp³-hybridized carbons (Fsp3) is 0.714. The molecule has 2 heterocycles. The van der Waals surface area contributed by atoms with Crippen LogP contribution in [0.25, 0.3) is 0 Å². The zero-order chi connectivity index (χ0) is 18.1. The molecule has 0 saturated carbocycles. The molecule has 0 aromatic carbocycles. The van der Waals surface area contributed by atoms with Crippen LogP contribution in [0.2, 0.25) is 0 Å². The maximum atomic E-state index is 12.5. The molecule has 0 bridgehead atoms. The number of nitrogens with zero attached hydrogens (tertiary/aromatic N) is 3. The monoisotopic (exact) mass is 364 g/mol. The quantitative estimate of drug-likeness (QED) is 0.876. The molecule has 0 aliphatic carbocycles. The molecule has 1 N–H and O–H groups in total. The second-order valence-corrected chi connectivity index (χ2v) is 7.72. The molecule has 1 fully saturated rings. The first-order valence-electron chi connectivity index (χ1n) is 7.49. The summed E-state index contributed by atoms with van der Waals surface area (Å²) in [6.07, 6.45) is -3.34. The zero-order valence-electron chi connectivity index (χ0n) is 13.6. The van der Waals surface area contributed by atoms with Gasteiger partial charge in [0, 0.05) is 18.5 Å². The summed E-state index contributed by atoms with van der Waals surface area (Å²) in [5.74, 6) is -0.954. The number of halogens is 3. The number of alkyl halides is 3. The third-order valence-electron chi connectivity index (χ3n) is 3.62. The first kappa shape index (κ1) is 18.6. The lowest BCUT2D eigenvalue weighted by atomic mass is 9.91. The Morgan fingerprint density at radius 3 is 2.46 bits per heavy atom. The third-order valence-corrected chi connectivity index (χ3v) is 4.50. The Hall–Kier alpha value is -1.71. The fourth-order valence-electron chi connectivity index (χ4n) is 2.45. The number of hydrogen-bond acceptors (Lipinski definition) is 5. The Morgan fingerprint density at radius 1 is 1.25 bits per heavy atom. The molecule has 24 heavy (non-hydrogen) atoms. The lowest BCUT2D eigenvalue weighted by Crippen LogP contribution is -2.47. The first-order chi connectivity index (χ1) is 11.0. The lowest BCUT2D eigenvalue weighted by Gasteiger charge is -2.35. The van der Waals surface area contributed by atoms with Gasteiger partial charge in [0.2, 0.25) is 22.0 Å². The van der Waals surface area contributed by atoms with Crippen molar-refractivity contribution >= 4 is 28.3 Å². The van der Waals surface area contributed by atoms with Gasteiger partial charge in [0.15, 0.2) is 0 Å². The van der Waals surface area contributed by atoms with E-state index in [2.05, 4.69) is 15.5 Å². The smallest absolute Gasteiger partial charge is 0.341 e. The SMILES string of the molecule is CC(C)(C)C(=O)N1CCCC(C(=O)Nc2nnc(C(F)(F)F)s2)C1. The van der Waals surface area contributed by atoms with Gasteiger partial charge in [-0.25, -0.2) is 0 Å².